The van der Waals surface area contributed by atoms with E-state index in [9.17, 15) is 19.8 Å². The van der Waals surface area contributed by atoms with Crippen molar-refractivity contribution in [1.82, 2.24) is 10.2 Å². The maximum absolute atomic E-state index is 11.9. The number of hydrogen-bond donors (Lipinski definition) is 3. The lowest BCUT2D eigenvalue weighted by Gasteiger charge is -2.28. The van der Waals surface area contributed by atoms with Crippen molar-refractivity contribution in [1.29, 1.82) is 0 Å². The van der Waals surface area contributed by atoms with E-state index in [4.69, 9.17) is 0 Å². The fourth-order valence-electron chi connectivity index (χ4n) is 2.55. The number of hydrogen-bond acceptors (Lipinski definition) is 3. The summed E-state index contributed by atoms with van der Waals surface area (Å²) in [6.45, 7) is 3.58. The summed E-state index contributed by atoms with van der Waals surface area (Å²) in [5.74, 6) is -0.838. The zero-order valence-electron chi connectivity index (χ0n) is 11.9. The van der Waals surface area contributed by atoms with Gasteiger partial charge in [-0.2, -0.15) is 0 Å². The SMILES string of the molecule is CN(CC(C)(C)O)C(=O)NCC1(C(=O)O)CCCC1. The first kappa shape index (κ1) is 15.8. The Morgan fingerprint density at radius 1 is 1.32 bits per heavy atom. The summed E-state index contributed by atoms with van der Waals surface area (Å²) < 4.78 is 0. The Bertz CT molecular complexity index is 343. The molecule has 0 aromatic rings. The van der Waals surface area contributed by atoms with Gasteiger partial charge in [0.25, 0.3) is 0 Å². The van der Waals surface area contributed by atoms with Gasteiger partial charge in [-0.15, -0.1) is 0 Å². The van der Waals surface area contributed by atoms with Crippen LogP contribution in [0, 0.1) is 5.41 Å². The second-order valence-electron chi connectivity index (χ2n) is 6.12. The average Bonchev–Trinajstić information content (AvgIpc) is 2.73. The van der Waals surface area contributed by atoms with Crippen molar-refractivity contribution in [3.8, 4) is 0 Å². The fourth-order valence-corrected chi connectivity index (χ4v) is 2.55. The van der Waals surface area contributed by atoms with Crippen molar-refractivity contribution >= 4 is 12.0 Å². The van der Waals surface area contributed by atoms with Gasteiger partial charge in [0.2, 0.25) is 0 Å². The molecule has 1 aliphatic rings. The van der Waals surface area contributed by atoms with Crippen LogP contribution in [0.15, 0.2) is 0 Å². The monoisotopic (exact) mass is 272 g/mol. The van der Waals surface area contributed by atoms with E-state index in [2.05, 4.69) is 5.32 Å². The highest BCUT2D eigenvalue weighted by Gasteiger charge is 2.41. The number of carbonyl (C=O) groups is 2. The third-order valence-electron chi connectivity index (χ3n) is 3.56. The number of amides is 2. The fraction of sp³-hybridized carbons (Fsp3) is 0.846. The summed E-state index contributed by atoms with van der Waals surface area (Å²) in [5.41, 5.74) is -1.78. The predicted molar refractivity (Wildman–Crippen MR) is 70.9 cm³/mol. The molecule has 1 rings (SSSR count). The average molecular weight is 272 g/mol. The number of likely N-dealkylation sites (N-methyl/N-ethyl adjacent to an activating group) is 1. The third kappa shape index (κ3) is 4.38. The molecule has 0 unspecified atom stereocenters. The van der Waals surface area contributed by atoms with Crippen LogP contribution in [0.2, 0.25) is 0 Å². The van der Waals surface area contributed by atoms with Gasteiger partial charge in [-0.1, -0.05) is 12.8 Å². The third-order valence-corrected chi connectivity index (χ3v) is 3.56. The highest BCUT2D eigenvalue weighted by molar-refractivity contribution is 5.78. The van der Waals surface area contributed by atoms with Crippen LogP contribution >= 0.6 is 0 Å². The highest BCUT2D eigenvalue weighted by atomic mass is 16.4. The molecule has 19 heavy (non-hydrogen) atoms. The van der Waals surface area contributed by atoms with Crippen LogP contribution in [-0.4, -0.2) is 52.9 Å². The van der Waals surface area contributed by atoms with Crippen molar-refractivity contribution in [3.63, 3.8) is 0 Å². The molecule has 0 heterocycles. The zero-order valence-corrected chi connectivity index (χ0v) is 11.9. The van der Waals surface area contributed by atoms with Crippen LogP contribution in [0.4, 0.5) is 4.79 Å². The highest BCUT2D eigenvalue weighted by Crippen LogP contribution is 2.37. The quantitative estimate of drug-likeness (QED) is 0.697. The first-order valence-corrected chi connectivity index (χ1v) is 6.61. The largest absolute Gasteiger partial charge is 0.481 e. The predicted octanol–water partition coefficient (Wildman–Crippen LogP) is 1.04. The second kappa shape index (κ2) is 5.77. The number of rotatable bonds is 5. The molecule has 3 N–H and O–H groups in total. The molecule has 6 heteroatoms. The van der Waals surface area contributed by atoms with E-state index in [-0.39, 0.29) is 19.1 Å². The summed E-state index contributed by atoms with van der Waals surface area (Å²) in [7, 11) is 1.58. The van der Waals surface area contributed by atoms with Crippen molar-refractivity contribution < 1.29 is 19.8 Å². The molecule has 0 aromatic heterocycles. The normalized spacial score (nSPS) is 18.1. The van der Waals surface area contributed by atoms with Crippen molar-refractivity contribution in [2.24, 2.45) is 5.41 Å². The Morgan fingerprint density at radius 2 is 1.84 bits per heavy atom. The van der Waals surface area contributed by atoms with Gasteiger partial charge in [-0.3, -0.25) is 4.79 Å². The van der Waals surface area contributed by atoms with Gasteiger partial charge in [0, 0.05) is 13.6 Å². The topological polar surface area (TPSA) is 89.9 Å². The van der Waals surface area contributed by atoms with Gasteiger partial charge in [-0.25, -0.2) is 4.79 Å². The lowest BCUT2D eigenvalue weighted by molar-refractivity contribution is -0.148. The minimum Gasteiger partial charge on any atom is -0.481 e. The molecule has 0 aliphatic heterocycles. The molecule has 0 saturated heterocycles. The van der Waals surface area contributed by atoms with Crippen LogP contribution in [0.3, 0.4) is 0 Å². The molecule has 0 radical (unpaired) electrons. The van der Waals surface area contributed by atoms with E-state index >= 15 is 0 Å². The summed E-state index contributed by atoms with van der Waals surface area (Å²) in [5, 5.41) is 21.6. The molecule has 0 bridgehead atoms. The van der Waals surface area contributed by atoms with E-state index in [1.807, 2.05) is 0 Å². The van der Waals surface area contributed by atoms with E-state index in [0.29, 0.717) is 12.8 Å². The zero-order chi connectivity index (χ0) is 14.7. The Labute approximate surface area is 113 Å². The van der Waals surface area contributed by atoms with Crippen LogP contribution in [0.5, 0.6) is 0 Å². The van der Waals surface area contributed by atoms with Crippen molar-refractivity contribution in [3.05, 3.63) is 0 Å². The number of aliphatic carboxylic acids is 1. The maximum Gasteiger partial charge on any atom is 0.317 e. The van der Waals surface area contributed by atoms with Gasteiger partial charge < -0.3 is 20.4 Å². The summed E-state index contributed by atoms with van der Waals surface area (Å²) >= 11 is 0. The van der Waals surface area contributed by atoms with Crippen molar-refractivity contribution in [2.75, 3.05) is 20.1 Å². The number of carboxylic acid groups (broad SMARTS) is 1. The summed E-state index contributed by atoms with van der Waals surface area (Å²) in [6.07, 6.45) is 3.00. The maximum atomic E-state index is 11.9. The van der Waals surface area contributed by atoms with Crippen molar-refractivity contribution in [2.45, 2.75) is 45.1 Å². The standard InChI is InChI=1S/C13H24N2O4/c1-12(2,19)9-15(3)11(18)14-8-13(10(16)17)6-4-5-7-13/h19H,4-9H2,1-3H3,(H,14,18)(H,16,17). The molecule has 6 nitrogen and oxygen atoms in total. The molecular formula is C13H24N2O4. The first-order chi connectivity index (χ1) is 8.66. The summed E-state index contributed by atoms with van der Waals surface area (Å²) in [4.78, 5) is 24.5. The van der Waals surface area contributed by atoms with Gasteiger partial charge >= 0.3 is 12.0 Å². The smallest absolute Gasteiger partial charge is 0.317 e. The molecule has 0 spiro atoms. The minimum absolute atomic E-state index is 0.150. The van der Waals surface area contributed by atoms with Gasteiger partial charge in [-0.05, 0) is 26.7 Å². The Balaban J connectivity index is 2.51. The number of carbonyl (C=O) groups excluding carboxylic acids is 1. The molecule has 0 aromatic carbocycles. The Kier molecular flexibility index (Phi) is 4.79. The molecule has 1 saturated carbocycles. The van der Waals surface area contributed by atoms with E-state index in [1.54, 1.807) is 20.9 Å². The first-order valence-electron chi connectivity index (χ1n) is 6.61. The lowest BCUT2D eigenvalue weighted by Crippen LogP contribution is -2.48. The molecule has 2 amide bonds. The number of nitrogens with zero attached hydrogens (tertiary/aromatic N) is 1. The number of aliphatic hydroxyl groups is 1. The minimum atomic E-state index is -0.968. The Morgan fingerprint density at radius 3 is 2.26 bits per heavy atom. The molecule has 110 valence electrons. The van der Waals surface area contributed by atoms with Crippen LogP contribution in [0.25, 0.3) is 0 Å². The number of nitrogens with one attached hydrogen (secondary N) is 1. The van der Waals surface area contributed by atoms with Crippen LogP contribution < -0.4 is 5.32 Å². The molecule has 1 aliphatic carbocycles. The molecule has 0 atom stereocenters. The molecule has 1 fully saturated rings. The number of carboxylic acids is 1. The van der Waals surface area contributed by atoms with Crippen LogP contribution in [-0.2, 0) is 4.79 Å². The van der Waals surface area contributed by atoms with E-state index < -0.39 is 17.0 Å². The second-order valence-corrected chi connectivity index (χ2v) is 6.12. The number of urea groups is 1. The van der Waals surface area contributed by atoms with E-state index in [0.717, 1.165) is 12.8 Å². The lowest BCUT2D eigenvalue weighted by atomic mass is 9.86. The van der Waals surface area contributed by atoms with E-state index in [1.165, 1.54) is 4.90 Å². The Hall–Kier alpha value is -1.30. The summed E-state index contributed by atoms with van der Waals surface area (Å²) in [6, 6.07) is -0.352. The van der Waals surface area contributed by atoms with Gasteiger partial charge in [0.05, 0.1) is 17.6 Å². The van der Waals surface area contributed by atoms with Gasteiger partial charge in [0.1, 0.15) is 0 Å². The molecular weight excluding hydrogens is 248 g/mol. The van der Waals surface area contributed by atoms with Crippen LogP contribution in [0.1, 0.15) is 39.5 Å². The van der Waals surface area contributed by atoms with Gasteiger partial charge in [0.15, 0.2) is 0 Å².